The molecule has 2 heterocycles. The second kappa shape index (κ2) is 7.36. The number of hydrogen-bond donors (Lipinski definition) is 0. The number of rotatable bonds is 6. The standard InChI is InChI=1S/C17H17N5O5/c1-10-15(22(24)25)11(2)21(20-10)9-14(23)26-12(3)16-18-19-17(27-16)13-7-5-4-6-8-13/h4-8,12H,9H2,1-3H3/t12-/m0/s1. The van der Waals surface area contributed by atoms with Gasteiger partial charge in [-0.15, -0.1) is 10.2 Å². The van der Waals surface area contributed by atoms with E-state index in [2.05, 4.69) is 15.3 Å². The molecule has 3 aromatic rings. The van der Waals surface area contributed by atoms with Crippen LogP contribution in [0.25, 0.3) is 11.5 Å². The van der Waals surface area contributed by atoms with Crippen LogP contribution >= 0.6 is 0 Å². The first-order valence-electron chi connectivity index (χ1n) is 8.13. The van der Waals surface area contributed by atoms with E-state index in [4.69, 9.17) is 9.15 Å². The molecule has 3 rings (SSSR count). The van der Waals surface area contributed by atoms with E-state index < -0.39 is 17.0 Å². The zero-order valence-corrected chi connectivity index (χ0v) is 14.9. The SMILES string of the molecule is Cc1nn(CC(=O)O[C@@H](C)c2nnc(-c3ccccc3)o2)c(C)c1[N+](=O)[O-]. The fourth-order valence-corrected chi connectivity index (χ4v) is 2.61. The molecule has 140 valence electrons. The summed E-state index contributed by atoms with van der Waals surface area (Å²) in [5, 5.41) is 22.9. The first-order valence-corrected chi connectivity index (χ1v) is 8.13. The van der Waals surface area contributed by atoms with Gasteiger partial charge in [0.1, 0.15) is 17.9 Å². The molecule has 27 heavy (non-hydrogen) atoms. The molecule has 0 saturated heterocycles. The van der Waals surface area contributed by atoms with Crippen molar-refractivity contribution in [2.24, 2.45) is 0 Å². The van der Waals surface area contributed by atoms with Crippen LogP contribution in [0.2, 0.25) is 0 Å². The second-order valence-electron chi connectivity index (χ2n) is 5.88. The van der Waals surface area contributed by atoms with Crippen LogP contribution in [0.5, 0.6) is 0 Å². The number of aryl methyl sites for hydroxylation is 1. The van der Waals surface area contributed by atoms with E-state index in [1.807, 2.05) is 30.3 Å². The third-order valence-electron chi connectivity index (χ3n) is 3.92. The van der Waals surface area contributed by atoms with E-state index in [0.717, 1.165) is 5.56 Å². The summed E-state index contributed by atoms with van der Waals surface area (Å²) in [5.41, 5.74) is 1.17. The van der Waals surface area contributed by atoms with E-state index in [1.165, 1.54) is 18.5 Å². The molecule has 0 radical (unpaired) electrons. The van der Waals surface area contributed by atoms with Gasteiger partial charge in [-0.2, -0.15) is 5.10 Å². The van der Waals surface area contributed by atoms with Gasteiger partial charge in [-0.1, -0.05) is 18.2 Å². The van der Waals surface area contributed by atoms with Crippen molar-refractivity contribution in [3.63, 3.8) is 0 Å². The fraction of sp³-hybridized carbons (Fsp3) is 0.294. The molecule has 0 saturated carbocycles. The highest BCUT2D eigenvalue weighted by atomic mass is 16.6. The number of benzene rings is 1. The quantitative estimate of drug-likeness (QED) is 0.368. The molecule has 0 unspecified atom stereocenters. The molecule has 0 amide bonds. The second-order valence-corrected chi connectivity index (χ2v) is 5.88. The zero-order valence-electron chi connectivity index (χ0n) is 14.9. The number of carbonyl (C=O) groups excluding carboxylic acids is 1. The number of carbonyl (C=O) groups is 1. The third kappa shape index (κ3) is 3.84. The van der Waals surface area contributed by atoms with Crippen LogP contribution in [0.4, 0.5) is 5.69 Å². The lowest BCUT2D eigenvalue weighted by atomic mass is 10.2. The van der Waals surface area contributed by atoms with Crippen molar-refractivity contribution in [1.29, 1.82) is 0 Å². The molecular weight excluding hydrogens is 354 g/mol. The highest BCUT2D eigenvalue weighted by Crippen LogP contribution is 2.24. The average molecular weight is 371 g/mol. The number of aromatic nitrogens is 4. The smallest absolute Gasteiger partial charge is 0.328 e. The first kappa shape index (κ1) is 18.2. The van der Waals surface area contributed by atoms with E-state index in [9.17, 15) is 14.9 Å². The van der Waals surface area contributed by atoms with Gasteiger partial charge in [0.05, 0.1) is 4.92 Å². The highest BCUT2D eigenvalue weighted by Gasteiger charge is 2.24. The number of esters is 1. The Morgan fingerprint density at radius 2 is 2.00 bits per heavy atom. The van der Waals surface area contributed by atoms with Gasteiger partial charge in [0.15, 0.2) is 6.10 Å². The van der Waals surface area contributed by atoms with Crippen LogP contribution in [-0.4, -0.2) is 30.9 Å². The minimum atomic E-state index is -0.769. The van der Waals surface area contributed by atoms with Crippen LogP contribution < -0.4 is 0 Å². The van der Waals surface area contributed by atoms with E-state index in [-0.39, 0.29) is 29.5 Å². The molecule has 2 aromatic heterocycles. The van der Waals surface area contributed by atoms with Crippen molar-refractivity contribution in [3.05, 3.63) is 57.7 Å². The topological polar surface area (TPSA) is 126 Å². The Kier molecular flexibility index (Phi) is 4.97. The van der Waals surface area contributed by atoms with Crippen LogP contribution in [-0.2, 0) is 16.1 Å². The van der Waals surface area contributed by atoms with Crippen molar-refractivity contribution in [2.75, 3.05) is 0 Å². The normalized spacial score (nSPS) is 12.0. The molecular formula is C17H17N5O5. The minimum Gasteiger partial charge on any atom is -0.451 e. The summed E-state index contributed by atoms with van der Waals surface area (Å²) in [4.78, 5) is 22.7. The zero-order chi connectivity index (χ0) is 19.6. The van der Waals surface area contributed by atoms with Crippen LogP contribution in [0.1, 0.15) is 30.3 Å². The Bertz CT molecular complexity index is 979. The number of nitrogens with zero attached hydrogens (tertiary/aromatic N) is 5. The summed E-state index contributed by atoms with van der Waals surface area (Å²) in [6.07, 6.45) is -0.769. The molecule has 0 fully saturated rings. The van der Waals surface area contributed by atoms with E-state index in [1.54, 1.807) is 6.92 Å². The summed E-state index contributed by atoms with van der Waals surface area (Å²) < 4.78 is 12.1. The van der Waals surface area contributed by atoms with Crippen LogP contribution in [0.3, 0.4) is 0 Å². The lowest BCUT2D eigenvalue weighted by Crippen LogP contribution is -2.17. The van der Waals surface area contributed by atoms with Crippen molar-refractivity contribution in [1.82, 2.24) is 20.0 Å². The Labute approximate surface area is 153 Å². The van der Waals surface area contributed by atoms with Gasteiger partial charge >= 0.3 is 11.7 Å². The summed E-state index contributed by atoms with van der Waals surface area (Å²) in [6.45, 7) is 4.38. The van der Waals surface area contributed by atoms with Crippen molar-refractivity contribution >= 4 is 11.7 Å². The first-order chi connectivity index (χ1) is 12.9. The monoisotopic (exact) mass is 371 g/mol. The molecule has 0 aliphatic rings. The molecule has 0 bridgehead atoms. The minimum absolute atomic E-state index is 0.111. The van der Waals surface area contributed by atoms with Gasteiger partial charge in [0.25, 0.3) is 5.89 Å². The molecule has 0 aliphatic heterocycles. The van der Waals surface area contributed by atoms with Crippen LogP contribution in [0, 0.1) is 24.0 Å². The number of hydrogen-bond acceptors (Lipinski definition) is 8. The van der Waals surface area contributed by atoms with Gasteiger partial charge < -0.3 is 9.15 Å². The summed E-state index contributed by atoms with van der Waals surface area (Å²) in [7, 11) is 0. The Morgan fingerprint density at radius 3 is 2.63 bits per heavy atom. The predicted octanol–water partition coefficient (Wildman–Crippen LogP) is 2.76. The molecule has 0 aliphatic carbocycles. The number of ether oxygens (including phenoxy) is 1. The predicted molar refractivity (Wildman–Crippen MR) is 92.6 cm³/mol. The maximum Gasteiger partial charge on any atom is 0.328 e. The van der Waals surface area contributed by atoms with Gasteiger partial charge in [0, 0.05) is 5.56 Å². The van der Waals surface area contributed by atoms with Crippen LogP contribution in [0.15, 0.2) is 34.7 Å². The largest absolute Gasteiger partial charge is 0.451 e. The van der Waals surface area contributed by atoms with Gasteiger partial charge in [-0.25, -0.2) is 0 Å². The summed E-state index contributed by atoms with van der Waals surface area (Å²) in [6, 6.07) is 9.20. The summed E-state index contributed by atoms with van der Waals surface area (Å²) in [5.74, 6) is -0.147. The lowest BCUT2D eigenvalue weighted by Gasteiger charge is -2.09. The molecule has 10 nitrogen and oxygen atoms in total. The molecule has 1 aromatic carbocycles. The van der Waals surface area contributed by atoms with Crippen molar-refractivity contribution < 1.29 is 18.9 Å². The summed E-state index contributed by atoms with van der Waals surface area (Å²) >= 11 is 0. The Hall–Kier alpha value is -3.56. The third-order valence-corrected chi connectivity index (χ3v) is 3.92. The van der Waals surface area contributed by atoms with Gasteiger partial charge in [0.2, 0.25) is 5.89 Å². The number of nitro groups is 1. The van der Waals surface area contributed by atoms with Crippen molar-refractivity contribution in [3.8, 4) is 11.5 Å². The molecule has 0 spiro atoms. The highest BCUT2D eigenvalue weighted by molar-refractivity contribution is 5.69. The van der Waals surface area contributed by atoms with E-state index in [0.29, 0.717) is 5.89 Å². The fourth-order valence-electron chi connectivity index (χ4n) is 2.61. The molecule has 0 N–H and O–H groups in total. The maximum atomic E-state index is 12.2. The van der Waals surface area contributed by atoms with Crippen molar-refractivity contribution in [2.45, 2.75) is 33.4 Å². The molecule has 10 heteroatoms. The average Bonchev–Trinajstić information content (AvgIpc) is 3.21. The Balaban J connectivity index is 1.67. The lowest BCUT2D eigenvalue weighted by molar-refractivity contribution is -0.386. The van der Waals surface area contributed by atoms with Gasteiger partial charge in [-0.3, -0.25) is 19.6 Å². The van der Waals surface area contributed by atoms with Gasteiger partial charge in [-0.05, 0) is 32.9 Å². The maximum absolute atomic E-state index is 12.2. The Morgan fingerprint density at radius 1 is 1.30 bits per heavy atom. The van der Waals surface area contributed by atoms with E-state index >= 15 is 0 Å². The molecule has 1 atom stereocenters.